The van der Waals surface area contributed by atoms with Gasteiger partial charge in [-0.1, -0.05) is 41.9 Å². The third kappa shape index (κ3) is 3.83. The Hall–Kier alpha value is -1.85. The van der Waals surface area contributed by atoms with Crippen LogP contribution in [0.1, 0.15) is 15.9 Å². The van der Waals surface area contributed by atoms with Crippen molar-refractivity contribution in [3.8, 4) is 0 Å². The maximum atomic E-state index is 12.1. The van der Waals surface area contributed by atoms with E-state index in [1.807, 2.05) is 0 Å². The van der Waals surface area contributed by atoms with Gasteiger partial charge in [0, 0.05) is 16.8 Å². The number of carbonyl (C=O) groups excluding carboxylic acids is 1. The minimum absolute atomic E-state index is 0.0173. The van der Waals surface area contributed by atoms with E-state index in [4.69, 9.17) is 16.3 Å². The van der Waals surface area contributed by atoms with Crippen LogP contribution < -0.4 is 0 Å². The van der Waals surface area contributed by atoms with Crippen LogP contribution in [0.5, 0.6) is 0 Å². The van der Waals surface area contributed by atoms with Crippen LogP contribution in [0, 0.1) is 0 Å². The van der Waals surface area contributed by atoms with E-state index >= 15 is 0 Å². The van der Waals surface area contributed by atoms with Crippen LogP contribution in [0.4, 0.5) is 0 Å². The molecule has 110 valence electrons. The molecule has 0 saturated carbocycles. The first kappa shape index (κ1) is 15.5. The number of hydrogen-bond donors (Lipinski definition) is 0. The molecule has 2 aromatic carbocycles. The molecule has 0 unspecified atom stereocenters. The quantitative estimate of drug-likeness (QED) is 0.811. The van der Waals surface area contributed by atoms with Crippen molar-refractivity contribution >= 4 is 27.4 Å². The summed E-state index contributed by atoms with van der Waals surface area (Å²) < 4.78 is 28.5. The van der Waals surface area contributed by atoms with Gasteiger partial charge in [-0.3, -0.25) is 0 Å². The van der Waals surface area contributed by atoms with Gasteiger partial charge in [-0.25, -0.2) is 13.2 Å². The summed E-state index contributed by atoms with van der Waals surface area (Å²) in [5.41, 5.74) is 0.677. The lowest BCUT2D eigenvalue weighted by atomic mass is 10.2. The average Bonchev–Trinajstić information content (AvgIpc) is 2.45. The molecule has 0 aliphatic heterocycles. The van der Waals surface area contributed by atoms with E-state index in [-0.39, 0.29) is 17.1 Å². The van der Waals surface area contributed by atoms with Crippen LogP contribution in [-0.4, -0.2) is 20.6 Å². The van der Waals surface area contributed by atoms with Crippen molar-refractivity contribution in [1.82, 2.24) is 0 Å². The van der Waals surface area contributed by atoms with Crippen molar-refractivity contribution < 1.29 is 17.9 Å². The number of halogens is 1. The number of ether oxygens (including phenoxy) is 1. The minimum Gasteiger partial charge on any atom is -0.457 e. The molecule has 0 heterocycles. The molecule has 0 fully saturated rings. The van der Waals surface area contributed by atoms with Gasteiger partial charge in [-0.05, 0) is 18.2 Å². The summed E-state index contributed by atoms with van der Waals surface area (Å²) in [5.74, 6) is -0.698. The van der Waals surface area contributed by atoms with Gasteiger partial charge in [0.05, 0.1) is 10.5 Å². The number of sulfone groups is 1. The van der Waals surface area contributed by atoms with E-state index in [0.717, 1.165) is 6.26 Å². The van der Waals surface area contributed by atoms with Gasteiger partial charge in [0.1, 0.15) is 6.61 Å². The van der Waals surface area contributed by atoms with Crippen LogP contribution in [-0.2, 0) is 21.2 Å². The molecule has 0 aromatic heterocycles. The molecule has 0 radical (unpaired) electrons. The molecule has 0 amide bonds. The minimum atomic E-state index is -3.50. The Kier molecular flexibility index (Phi) is 4.65. The molecule has 6 heteroatoms. The smallest absolute Gasteiger partial charge is 0.339 e. The van der Waals surface area contributed by atoms with Crippen LogP contribution in [0.3, 0.4) is 0 Å². The van der Waals surface area contributed by atoms with Gasteiger partial charge in [-0.15, -0.1) is 0 Å². The van der Waals surface area contributed by atoms with Crippen LogP contribution in [0.2, 0.25) is 5.02 Å². The Labute approximate surface area is 128 Å². The topological polar surface area (TPSA) is 60.4 Å². The molecule has 0 spiro atoms. The van der Waals surface area contributed by atoms with Crippen molar-refractivity contribution in [3.05, 3.63) is 64.7 Å². The third-order valence-electron chi connectivity index (χ3n) is 2.82. The number of rotatable bonds is 4. The highest BCUT2D eigenvalue weighted by molar-refractivity contribution is 7.90. The van der Waals surface area contributed by atoms with Crippen molar-refractivity contribution in [3.63, 3.8) is 0 Å². The maximum absolute atomic E-state index is 12.1. The Morgan fingerprint density at radius 3 is 2.38 bits per heavy atom. The predicted octanol–water partition coefficient (Wildman–Crippen LogP) is 3.10. The fourth-order valence-electron chi connectivity index (χ4n) is 1.80. The Morgan fingerprint density at radius 2 is 1.71 bits per heavy atom. The lowest BCUT2D eigenvalue weighted by Crippen LogP contribution is -2.11. The van der Waals surface area contributed by atoms with E-state index in [9.17, 15) is 13.2 Å². The van der Waals surface area contributed by atoms with Crippen LogP contribution in [0.15, 0.2) is 53.4 Å². The number of carbonyl (C=O) groups is 1. The van der Waals surface area contributed by atoms with Gasteiger partial charge in [0.25, 0.3) is 0 Å². The van der Waals surface area contributed by atoms with E-state index in [1.165, 1.54) is 12.1 Å². The van der Waals surface area contributed by atoms with E-state index < -0.39 is 15.8 Å². The molecular formula is C15H13ClO4S. The van der Waals surface area contributed by atoms with Crippen molar-refractivity contribution in [1.29, 1.82) is 0 Å². The zero-order chi connectivity index (χ0) is 15.5. The van der Waals surface area contributed by atoms with Crippen molar-refractivity contribution in [2.75, 3.05) is 6.26 Å². The Morgan fingerprint density at radius 1 is 1.10 bits per heavy atom. The molecule has 4 nitrogen and oxygen atoms in total. The molecule has 0 aliphatic carbocycles. The predicted molar refractivity (Wildman–Crippen MR) is 80.1 cm³/mol. The van der Waals surface area contributed by atoms with Crippen molar-refractivity contribution in [2.24, 2.45) is 0 Å². The maximum Gasteiger partial charge on any atom is 0.339 e. The van der Waals surface area contributed by atoms with Gasteiger partial charge >= 0.3 is 5.97 Å². The molecule has 0 aliphatic rings. The molecule has 0 N–H and O–H groups in total. The highest BCUT2D eigenvalue weighted by Gasteiger charge is 2.19. The van der Waals surface area contributed by atoms with E-state index in [0.29, 0.717) is 10.6 Å². The summed E-state index contributed by atoms with van der Waals surface area (Å²) in [6, 6.07) is 12.9. The summed E-state index contributed by atoms with van der Waals surface area (Å²) in [4.78, 5) is 12.0. The standard InChI is InChI=1S/C15H13ClO4S/c1-21(18,19)14-9-5-3-7-12(14)15(17)20-10-11-6-2-4-8-13(11)16/h2-9H,10H2,1H3. The van der Waals surface area contributed by atoms with Gasteiger partial charge in [0.15, 0.2) is 9.84 Å². The zero-order valence-electron chi connectivity index (χ0n) is 11.2. The SMILES string of the molecule is CS(=O)(=O)c1ccccc1C(=O)OCc1ccccc1Cl. The molecule has 2 aromatic rings. The first-order chi connectivity index (χ1) is 9.89. The second-order valence-electron chi connectivity index (χ2n) is 4.44. The molecule has 0 saturated heterocycles. The Bertz CT molecular complexity index is 769. The fraction of sp³-hybridized carbons (Fsp3) is 0.133. The third-order valence-corrected chi connectivity index (χ3v) is 4.35. The molecular weight excluding hydrogens is 312 g/mol. The Balaban J connectivity index is 2.21. The van der Waals surface area contributed by atoms with Crippen LogP contribution >= 0.6 is 11.6 Å². The van der Waals surface area contributed by atoms with Crippen molar-refractivity contribution in [2.45, 2.75) is 11.5 Å². The first-order valence-electron chi connectivity index (χ1n) is 6.09. The summed E-state index contributed by atoms with van der Waals surface area (Å²) in [6.45, 7) is -0.0173. The zero-order valence-corrected chi connectivity index (χ0v) is 12.8. The summed E-state index contributed by atoms with van der Waals surface area (Å²) in [5, 5.41) is 0.488. The van der Waals surface area contributed by atoms with Gasteiger partial charge < -0.3 is 4.74 Å². The van der Waals surface area contributed by atoms with E-state index in [1.54, 1.807) is 36.4 Å². The van der Waals surface area contributed by atoms with E-state index in [2.05, 4.69) is 0 Å². The lowest BCUT2D eigenvalue weighted by Gasteiger charge is -2.09. The molecule has 2 rings (SSSR count). The largest absolute Gasteiger partial charge is 0.457 e. The monoisotopic (exact) mass is 324 g/mol. The van der Waals surface area contributed by atoms with Gasteiger partial charge in [0.2, 0.25) is 0 Å². The number of esters is 1. The second kappa shape index (κ2) is 6.28. The normalized spacial score (nSPS) is 11.1. The molecule has 0 bridgehead atoms. The second-order valence-corrected chi connectivity index (χ2v) is 6.83. The molecule has 0 atom stereocenters. The first-order valence-corrected chi connectivity index (χ1v) is 8.36. The lowest BCUT2D eigenvalue weighted by molar-refractivity contribution is 0.0468. The average molecular weight is 325 g/mol. The number of hydrogen-bond acceptors (Lipinski definition) is 4. The molecule has 21 heavy (non-hydrogen) atoms. The summed E-state index contributed by atoms with van der Waals surface area (Å²) in [7, 11) is -3.50. The highest BCUT2D eigenvalue weighted by atomic mass is 35.5. The summed E-state index contributed by atoms with van der Waals surface area (Å²) in [6.07, 6.45) is 1.05. The summed E-state index contributed by atoms with van der Waals surface area (Å²) >= 11 is 5.97. The highest BCUT2D eigenvalue weighted by Crippen LogP contribution is 2.19. The van der Waals surface area contributed by atoms with Crippen LogP contribution in [0.25, 0.3) is 0 Å². The number of benzene rings is 2. The van der Waals surface area contributed by atoms with Gasteiger partial charge in [-0.2, -0.15) is 0 Å². The fourth-order valence-corrected chi connectivity index (χ4v) is 2.86.